The first-order valence-corrected chi connectivity index (χ1v) is 7.53. The molecule has 3 rings (SSSR count). The van der Waals surface area contributed by atoms with Crippen LogP contribution in [0.25, 0.3) is 0 Å². The Bertz CT molecular complexity index is 761. The smallest absolute Gasteiger partial charge is 0.343 e. The van der Waals surface area contributed by atoms with Gasteiger partial charge in [-0.05, 0) is 13.0 Å². The van der Waals surface area contributed by atoms with Gasteiger partial charge in [0.15, 0.2) is 5.82 Å². The number of H-pyrrole nitrogens is 1. The SMILES string of the molecule is CCn1c([C@@H]2C[C@H](OC)CN2C(=O)c2ccnn2C)n[nH]c1=O. The summed E-state index contributed by atoms with van der Waals surface area (Å²) in [6.45, 7) is 2.82. The van der Waals surface area contributed by atoms with Crippen LogP contribution in [0, 0.1) is 0 Å². The van der Waals surface area contributed by atoms with E-state index in [4.69, 9.17) is 4.74 Å². The number of nitrogens with zero attached hydrogens (tertiary/aromatic N) is 5. The van der Waals surface area contributed by atoms with E-state index in [9.17, 15) is 9.59 Å². The monoisotopic (exact) mass is 320 g/mol. The van der Waals surface area contributed by atoms with Crippen LogP contribution in [0.5, 0.6) is 0 Å². The van der Waals surface area contributed by atoms with Crippen LogP contribution in [-0.4, -0.2) is 55.1 Å². The van der Waals surface area contributed by atoms with Gasteiger partial charge in [-0.15, -0.1) is 0 Å². The molecule has 0 saturated carbocycles. The molecule has 1 aliphatic heterocycles. The molecule has 124 valence electrons. The Balaban J connectivity index is 1.98. The largest absolute Gasteiger partial charge is 0.380 e. The first kappa shape index (κ1) is 15.5. The molecule has 1 aliphatic rings. The lowest BCUT2D eigenvalue weighted by Crippen LogP contribution is -2.35. The molecule has 2 aromatic heterocycles. The van der Waals surface area contributed by atoms with E-state index in [0.29, 0.717) is 31.0 Å². The number of aromatic amines is 1. The third-order valence-electron chi connectivity index (χ3n) is 4.30. The molecule has 1 amide bonds. The molecule has 9 heteroatoms. The topological polar surface area (TPSA) is 98.0 Å². The minimum Gasteiger partial charge on any atom is -0.380 e. The summed E-state index contributed by atoms with van der Waals surface area (Å²) < 4.78 is 8.52. The number of methoxy groups -OCH3 is 1. The number of likely N-dealkylation sites (tertiary alicyclic amines) is 1. The zero-order valence-electron chi connectivity index (χ0n) is 13.4. The first-order chi connectivity index (χ1) is 11.1. The summed E-state index contributed by atoms with van der Waals surface area (Å²) in [6.07, 6.45) is 2.10. The number of aromatic nitrogens is 5. The Kier molecular flexibility index (Phi) is 4.03. The molecule has 1 N–H and O–H groups in total. The number of carbonyl (C=O) groups is 1. The molecule has 2 aromatic rings. The number of carbonyl (C=O) groups excluding carboxylic acids is 1. The second kappa shape index (κ2) is 5.99. The van der Waals surface area contributed by atoms with E-state index in [1.807, 2.05) is 6.92 Å². The molecule has 0 aliphatic carbocycles. The fourth-order valence-electron chi connectivity index (χ4n) is 3.06. The van der Waals surface area contributed by atoms with E-state index in [1.54, 1.807) is 35.9 Å². The number of nitrogens with one attached hydrogen (secondary N) is 1. The molecule has 9 nitrogen and oxygen atoms in total. The molecule has 0 bridgehead atoms. The van der Waals surface area contributed by atoms with Crippen molar-refractivity contribution in [3.05, 3.63) is 34.3 Å². The molecular weight excluding hydrogens is 300 g/mol. The molecule has 1 fully saturated rings. The number of amides is 1. The Morgan fingerprint density at radius 2 is 2.30 bits per heavy atom. The predicted octanol–water partition coefficient (Wildman–Crippen LogP) is -0.0730. The van der Waals surface area contributed by atoms with Gasteiger partial charge in [-0.3, -0.25) is 14.0 Å². The summed E-state index contributed by atoms with van der Waals surface area (Å²) in [6, 6.07) is 1.37. The van der Waals surface area contributed by atoms with Gasteiger partial charge in [0.1, 0.15) is 5.69 Å². The number of hydrogen-bond acceptors (Lipinski definition) is 5. The van der Waals surface area contributed by atoms with E-state index in [2.05, 4.69) is 15.3 Å². The van der Waals surface area contributed by atoms with Crippen molar-refractivity contribution in [2.45, 2.75) is 32.0 Å². The summed E-state index contributed by atoms with van der Waals surface area (Å²) in [5.41, 5.74) is 0.226. The normalized spacial score (nSPS) is 21.1. The first-order valence-electron chi connectivity index (χ1n) is 7.53. The van der Waals surface area contributed by atoms with Gasteiger partial charge in [-0.2, -0.15) is 10.2 Å². The maximum Gasteiger partial charge on any atom is 0.343 e. The fourth-order valence-corrected chi connectivity index (χ4v) is 3.06. The van der Waals surface area contributed by atoms with E-state index in [1.165, 1.54) is 4.68 Å². The van der Waals surface area contributed by atoms with Crippen LogP contribution in [0.4, 0.5) is 0 Å². The molecule has 0 spiro atoms. The van der Waals surface area contributed by atoms with E-state index < -0.39 is 0 Å². The number of hydrogen-bond donors (Lipinski definition) is 1. The molecule has 0 radical (unpaired) electrons. The minimum absolute atomic E-state index is 0.0886. The number of aryl methyl sites for hydroxylation is 1. The van der Waals surface area contributed by atoms with Crippen LogP contribution in [0.2, 0.25) is 0 Å². The van der Waals surface area contributed by atoms with E-state index in [0.717, 1.165) is 0 Å². The van der Waals surface area contributed by atoms with Crippen molar-refractivity contribution < 1.29 is 9.53 Å². The zero-order valence-corrected chi connectivity index (χ0v) is 13.4. The third kappa shape index (κ3) is 2.56. The minimum atomic E-state index is -0.304. The Morgan fingerprint density at radius 3 is 2.91 bits per heavy atom. The molecule has 0 aromatic carbocycles. The maximum atomic E-state index is 12.9. The zero-order chi connectivity index (χ0) is 16.6. The van der Waals surface area contributed by atoms with Crippen molar-refractivity contribution in [3.8, 4) is 0 Å². The number of ether oxygens (including phenoxy) is 1. The standard InChI is InChI=1S/C14H20N6O3/c1-4-19-12(16-17-14(19)22)11-7-9(23-3)8-20(11)13(21)10-5-6-15-18(10)2/h5-6,9,11H,4,7-8H2,1-3H3,(H,17,22)/t9-,11-/m0/s1. The van der Waals surface area contributed by atoms with Gasteiger partial charge >= 0.3 is 5.69 Å². The average molecular weight is 320 g/mol. The highest BCUT2D eigenvalue weighted by atomic mass is 16.5. The Hall–Kier alpha value is -2.42. The molecule has 23 heavy (non-hydrogen) atoms. The van der Waals surface area contributed by atoms with Crippen LogP contribution in [0.3, 0.4) is 0 Å². The summed E-state index contributed by atoms with van der Waals surface area (Å²) in [7, 11) is 3.35. The molecule has 1 saturated heterocycles. The van der Waals surface area contributed by atoms with E-state index in [-0.39, 0.29) is 23.7 Å². The van der Waals surface area contributed by atoms with Crippen LogP contribution in [-0.2, 0) is 18.3 Å². The molecular formula is C14H20N6O3. The highest BCUT2D eigenvalue weighted by Gasteiger charge is 2.40. The van der Waals surface area contributed by atoms with Crippen LogP contribution in [0.1, 0.15) is 35.7 Å². The fraction of sp³-hybridized carbons (Fsp3) is 0.571. The lowest BCUT2D eigenvalue weighted by Gasteiger charge is -2.23. The van der Waals surface area contributed by atoms with Crippen molar-refractivity contribution >= 4 is 5.91 Å². The van der Waals surface area contributed by atoms with Crippen molar-refractivity contribution in [2.24, 2.45) is 7.05 Å². The maximum absolute atomic E-state index is 12.9. The lowest BCUT2D eigenvalue weighted by molar-refractivity contribution is 0.0672. The second-order valence-electron chi connectivity index (χ2n) is 5.54. The Morgan fingerprint density at radius 1 is 1.52 bits per heavy atom. The quantitative estimate of drug-likeness (QED) is 0.850. The van der Waals surface area contributed by atoms with Gasteiger partial charge in [-0.1, -0.05) is 0 Å². The van der Waals surface area contributed by atoms with Crippen LogP contribution >= 0.6 is 0 Å². The number of rotatable bonds is 4. The van der Waals surface area contributed by atoms with Gasteiger partial charge in [0.25, 0.3) is 5.91 Å². The summed E-state index contributed by atoms with van der Waals surface area (Å²) in [4.78, 5) is 26.4. The highest BCUT2D eigenvalue weighted by Crippen LogP contribution is 2.33. The van der Waals surface area contributed by atoms with Crippen molar-refractivity contribution in [1.29, 1.82) is 0 Å². The van der Waals surface area contributed by atoms with Gasteiger partial charge in [0, 0.05) is 39.9 Å². The van der Waals surface area contributed by atoms with Crippen molar-refractivity contribution in [2.75, 3.05) is 13.7 Å². The lowest BCUT2D eigenvalue weighted by atomic mass is 10.2. The molecule has 3 heterocycles. The van der Waals surface area contributed by atoms with Crippen LogP contribution < -0.4 is 5.69 Å². The predicted molar refractivity (Wildman–Crippen MR) is 80.9 cm³/mol. The van der Waals surface area contributed by atoms with Gasteiger partial charge in [0.2, 0.25) is 0 Å². The summed E-state index contributed by atoms with van der Waals surface area (Å²) in [5, 5.41) is 10.6. The molecule has 0 unspecified atom stereocenters. The van der Waals surface area contributed by atoms with Gasteiger partial charge in [-0.25, -0.2) is 9.89 Å². The molecule has 2 atom stereocenters. The third-order valence-corrected chi connectivity index (χ3v) is 4.30. The summed E-state index contributed by atoms with van der Waals surface area (Å²) in [5.74, 6) is 0.417. The highest BCUT2D eigenvalue weighted by molar-refractivity contribution is 5.93. The van der Waals surface area contributed by atoms with Crippen molar-refractivity contribution in [1.82, 2.24) is 29.4 Å². The van der Waals surface area contributed by atoms with Crippen molar-refractivity contribution in [3.63, 3.8) is 0 Å². The Labute approximate surface area is 132 Å². The van der Waals surface area contributed by atoms with Crippen LogP contribution in [0.15, 0.2) is 17.1 Å². The summed E-state index contributed by atoms with van der Waals surface area (Å²) >= 11 is 0. The van der Waals surface area contributed by atoms with Gasteiger partial charge in [0.05, 0.1) is 12.1 Å². The van der Waals surface area contributed by atoms with E-state index >= 15 is 0 Å². The average Bonchev–Trinajstić information content (AvgIpc) is 3.24. The van der Waals surface area contributed by atoms with Gasteiger partial charge < -0.3 is 9.64 Å². The second-order valence-corrected chi connectivity index (χ2v) is 5.54.